The molecule has 0 aromatic rings. The lowest BCUT2D eigenvalue weighted by molar-refractivity contribution is -0.161. The van der Waals surface area contributed by atoms with Crippen LogP contribution in [0.15, 0.2) is 36.5 Å². The van der Waals surface area contributed by atoms with Crippen LogP contribution < -0.4 is 5.73 Å². The Morgan fingerprint density at radius 1 is 0.566 bits per heavy atom. The van der Waals surface area contributed by atoms with Gasteiger partial charge in [-0.25, -0.2) is 4.57 Å². The zero-order valence-electron chi connectivity index (χ0n) is 34.0. The molecule has 10 heteroatoms. The lowest BCUT2D eigenvalue weighted by Crippen LogP contribution is -2.29. The molecule has 0 amide bonds. The van der Waals surface area contributed by atoms with E-state index in [1.807, 2.05) is 0 Å². The predicted octanol–water partition coefficient (Wildman–Crippen LogP) is 12.2. The van der Waals surface area contributed by atoms with E-state index in [9.17, 15) is 19.0 Å². The maximum Gasteiger partial charge on any atom is 0.472 e. The highest BCUT2D eigenvalue weighted by atomic mass is 31.2. The highest BCUT2D eigenvalue weighted by Crippen LogP contribution is 2.43. The standard InChI is InChI=1S/C43H80NO8P/c1-3-5-7-9-11-13-15-16-17-18-19-20-21-22-23-24-26-28-30-32-34-36-43(46)52-41(40-51-53(47,48)50-38-37-44)39-49-42(45)35-33-31-29-27-25-14-12-10-8-6-4-2/h15-16,18-19,21-22,41H,3-14,17,20,23-40,44H2,1-2H3,(H,47,48)/b16-15-,19-18-,22-21-. The first-order valence-electron chi connectivity index (χ1n) is 21.5. The molecule has 0 aromatic carbocycles. The second kappa shape index (κ2) is 39.9. The topological polar surface area (TPSA) is 134 Å². The molecular weight excluding hydrogens is 689 g/mol. The molecule has 3 N–H and O–H groups in total. The van der Waals surface area contributed by atoms with Crippen molar-refractivity contribution in [1.29, 1.82) is 0 Å². The molecule has 0 radical (unpaired) electrons. The third-order valence-electron chi connectivity index (χ3n) is 9.03. The molecule has 310 valence electrons. The third-order valence-corrected chi connectivity index (χ3v) is 10.0. The van der Waals surface area contributed by atoms with E-state index in [1.54, 1.807) is 0 Å². The molecule has 9 nitrogen and oxygen atoms in total. The van der Waals surface area contributed by atoms with Crippen LogP contribution in [0.5, 0.6) is 0 Å². The first-order chi connectivity index (χ1) is 25.8. The van der Waals surface area contributed by atoms with Gasteiger partial charge in [-0.1, -0.05) is 166 Å². The van der Waals surface area contributed by atoms with E-state index >= 15 is 0 Å². The average molecular weight is 770 g/mol. The molecule has 0 rings (SSSR count). The largest absolute Gasteiger partial charge is 0.472 e. The van der Waals surface area contributed by atoms with Gasteiger partial charge in [-0.15, -0.1) is 0 Å². The van der Waals surface area contributed by atoms with Crippen LogP contribution in [0.25, 0.3) is 0 Å². The maximum absolute atomic E-state index is 12.6. The van der Waals surface area contributed by atoms with Crippen molar-refractivity contribution in [3.63, 3.8) is 0 Å². The smallest absolute Gasteiger partial charge is 0.462 e. The van der Waals surface area contributed by atoms with E-state index in [0.29, 0.717) is 6.42 Å². The van der Waals surface area contributed by atoms with E-state index in [0.717, 1.165) is 70.6 Å². The first-order valence-corrected chi connectivity index (χ1v) is 23.0. The van der Waals surface area contributed by atoms with Gasteiger partial charge in [0, 0.05) is 19.4 Å². The van der Waals surface area contributed by atoms with Crippen molar-refractivity contribution in [3.8, 4) is 0 Å². The molecule has 0 aliphatic heterocycles. The minimum absolute atomic E-state index is 0.0513. The number of nitrogens with two attached hydrogens (primary N) is 1. The lowest BCUT2D eigenvalue weighted by atomic mass is 10.1. The summed E-state index contributed by atoms with van der Waals surface area (Å²) in [6.45, 7) is 3.70. The number of esters is 2. The lowest BCUT2D eigenvalue weighted by Gasteiger charge is -2.19. The molecule has 0 aromatic heterocycles. The van der Waals surface area contributed by atoms with Gasteiger partial charge in [0.2, 0.25) is 0 Å². The number of carbonyl (C=O) groups excluding carboxylic acids is 2. The number of ether oxygens (including phenoxy) is 2. The molecule has 0 heterocycles. The Bertz CT molecular complexity index is 970. The number of phosphoric ester groups is 1. The number of unbranched alkanes of at least 4 members (excludes halogenated alkanes) is 21. The van der Waals surface area contributed by atoms with E-state index in [1.165, 1.54) is 89.9 Å². The molecule has 0 spiro atoms. The van der Waals surface area contributed by atoms with Crippen molar-refractivity contribution in [3.05, 3.63) is 36.5 Å². The van der Waals surface area contributed by atoms with Crippen molar-refractivity contribution >= 4 is 19.8 Å². The Balaban J connectivity index is 4.15. The highest BCUT2D eigenvalue weighted by molar-refractivity contribution is 7.47. The van der Waals surface area contributed by atoms with Crippen LogP contribution in [0, 0.1) is 0 Å². The van der Waals surface area contributed by atoms with Gasteiger partial charge in [0.05, 0.1) is 13.2 Å². The maximum atomic E-state index is 12.6. The van der Waals surface area contributed by atoms with E-state index in [2.05, 4.69) is 50.3 Å². The third kappa shape index (κ3) is 39.7. The molecule has 0 saturated heterocycles. The van der Waals surface area contributed by atoms with Gasteiger partial charge in [0.25, 0.3) is 0 Å². The van der Waals surface area contributed by atoms with Crippen molar-refractivity contribution in [2.24, 2.45) is 5.73 Å². The normalized spacial score (nSPS) is 13.7. The van der Waals surface area contributed by atoms with Crippen LogP contribution in [0.1, 0.15) is 194 Å². The van der Waals surface area contributed by atoms with Crippen LogP contribution in [-0.4, -0.2) is 49.3 Å². The summed E-state index contributed by atoms with van der Waals surface area (Å²) in [6, 6.07) is 0. The fourth-order valence-electron chi connectivity index (χ4n) is 5.82. The van der Waals surface area contributed by atoms with Crippen LogP contribution in [-0.2, 0) is 32.7 Å². The van der Waals surface area contributed by atoms with Crippen molar-refractivity contribution in [1.82, 2.24) is 0 Å². The van der Waals surface area contributed by atoms with E-state index in [4.69, 9.17) is 24.3 Å². The molecule has 53 heavy (non-hydrogen) atoms. The number of phosphoric acid groups is 1. The van der Waals surface area contributed by atoms with Crippen molar-refractivity contribution < 1.29 is 37.6 Å². The van der Waals surface area contributed by atoms with Gasteiger partial charge >= 0.3 is 19.8 Å². The van der Waals surface area contributed by atoms with Gasteiger partial charge < -0.3 is 20.1 Å². The molecule has 0 aliphatic carbocycles. The summed E-state index contributed by atoms with van der Waals surface area (Å²) < 4.78 is 32.7. The monoisotopic (exact) mass is 770 g/mol. The number of hydrogen-bond donors (Lipinski definition) is 2. The van der Waals surface area contributed by atoms with Crippen molar-refractivity contribution in [2.75, 3.05) is 26.4 Å². The Kier molecular flexibility index (Phi) is 38.6. The minimum Gasteiger partial charge on any atom is -0.462 e. The highest BCUT2D eigenvalue weighted by Gasteiger charge is 2.26. The summed E-state index contributed by atoms with van der Waals surface area (Å²) >= 11 is 0. The van der Waals surface area contributed by atoms with E-state index < -0.39 is 26.5 Å². The van der Waals surface area contributed by atoms with Crippen LogP contribution in [0.4, 0.5) is 0 Å². The van der Waals surface area contributed by atoms with Gasteiger partial charge in [0.15, 0.2) is 6.10 Å². The van der Waals surface area contributed by atoms with Gasteiger partial charge in [-0.3, -0.25) is 18.6 Å². The second-order valence-corrected chi connectivity index (χ2v) is 15.7. The van der Waals surface area contributed by atoms with Gasteiger partial charge in [0.1, 0.15) is 6.61 Å². The van der Waals surface area contributed by atoms with Crippen LogP contribution >= 0.6 is 7.82 Å². The molecule has 2 unspecified atom stereocenters. The van der Waals surface area contributed by atoms with Gasteiger partial charge in [-0.2, -0.15) is 0 Å². The van der Waals surface area contributed by atoms with Gasteiger partial charge in [-0.05, 0) is 51.4 Å². The Labute approximate surface area is 324 Å². The molecule has 0 aliphatic rings. The molecule has 0 fully saturated rings. The quantitative estimate of drug-likeness (QED) is 0.0270. The summed E-state index contributed by atoms with van der Waals surface area (Å²) in [5.41, 5.74) is 5.34. The Hall–Kier alpha value is -1.77. The number of hydrogen-bond acceptors (Lipinski definition) is 8. The number of carbonyl (C=O) groups is 2. The molecule has 2 atom stereocenters. The van der Waals surface area contributed by atoms with Crippen LogP contribution in [0.3, 0.4) is 0 Å². The van der Waals surface area contributed by atoms with E-state index in [-0.39, 0.29) is 38.6 Å². The fraction of sp³-hybridized carbons (Fsp3) is 0.814. The van der Waals surface area contributed by atoms with Crippen molar-refractivity contribution in [2.45, 2.75) is 200 Å². The second-order valence-electron chi connectivity index (χ2n) is 14.2. The average Bonchev–Trinajstić information content (AvgIpc) is 3.14. The summed E-state index contributed by atoms with van der Waals surface area (Å²) in [4.78, 5) is 34.8. The number of rotatable bonds is 40. The summed E-state index contributed by atoms with van der Waals surface area (Å²) in [6.07, 6.45) is 43.2. The summed E-state index contributed by atoms with van der Waals surface area (Å²) in [7, 11) is -4.38. The van der Waals surface area contributed by atoms with Crippen LogP contribution in [0.2, 0.25) is 0 Å². The summed E-state index contributed by atoms with van der Waals surface area (Å²) in [5, 5.41) is 0. The zero-order valence-corrected chi connectivity index (χ0v) is 34.9. The number of allylic oxidation sites excluding steroid dienone is 6. The molecular formula is C43H80NO8P. The molecule has 0 bridgehead atoms. The Morgan fingerprint density at radius 2 is 0.981 bits per heavy atom. The molecule has 0 saturated carbocycles. The SMILES string of the molecule is CCCCCCC/C=C\C/C=C\C/C=C\CCCCCCCCC(=O)OC(COC(=O)CCCCCCCCCCCCC)COP(=O)(O)OCCN. The zero-order chi connectivity index (χ0) is 38.9. The Morgan fingerprint density at radius 3 is 1.45 bits per heavy atom. The first kappa shape index (κ1) is 51.2. The summed E-state index contributed by atoms with van der Waals surface area (Å²) in [5.74, 6) is -0.841. The minimum atomic E-state index is -4.38. The fourth-order valence-corrected chi connectivity index (χ4v) is 6.58. The predicted molar refractivity (Wildman–Crippen MR) is 220 cm³/mol.